The molecule has 11 aromatic carbocycles. The van der Waals surface area contributed by atoms with Gasteiger partial charge in [0.1, 0.15) is 34.5 Å². The van der Waals surface area contributed by atoms with E-state index in [1.807, 2.05) is 36.4 Å². The first-order chi connectivity index (χ1) is 35.7. The minimum Gasteiger partial charge on any atom is -0.458 e. The van der Waals surface area contributed by atoms with Crippen molar-refractivity contribution in [3.05, 3.63) is 249 Å². The molecule has 0 unspecified atom stereocenters. The Kier molecular flexibility index (Phi) is 8.99. The van der Waals surface area contributed by atoms with Crippen LogP contribution in [0.3, 0.4) is 0 Å². The van der Waals surface area contributed by atoms with Gasteiger partial charge in [0, 0.05) is 56.1 Å². The van der Waals surface area contributed by atoms with Crippen LogP contribution in [0.25, 0.3) is 88.4 Å². The van der Waals surface area contributed by atoms with Gasteiger partial charge in [-0.05, 0) is 105 Å². The zero-order valence-electron chi connectivity index (χ0n) is 38.9. The Morgan fingerprint density at radius 2 is 0.778 bits per heavy atom. The maximum Gasteiger partial charge on any atom is 0.260 e. The number of aromatic nitrogens is 2. The number of rotatable bonds is 7. The summed E-state index contributed by atoms with van der Waals surface area (Å²) < 4.78 is 25.9. The second-order valence-electron chi connectivity index (χ2n) is 18.7. The lowest BCUT2D eigenvalue weighted by atomic mass is 9.35. The van der Waals surface area contributed by atoms with Crippen molar-refractivity contribution < 1.29 is 14.2 Å². The van der Waals surface area contributed by atoms with Gasteiger partial charge in [-0.3, -0.25) is 0 Å². The zero-order valence-corrected chi connectivity index (χ0v) is 38.9. The predicted molar refractivity (Wildman–Crippen MR) is 296 cm³/mol. The lowest BCUT2D eigenvalue weighted by Crippen LogP contribution is -2.57. The zero-order chi connectivity index (χ0) is 47.3. The molecule has 13 aromatic rings. The van der Waals surface area contributed by atoms with Gasteiger partial charge in [0.2, 0.25) is 0 Å². The minimum absolute atomic E-state index is 0.164. The second kappa shape index (κ2) is 16.0. The number of hydrogen-bond acceptors (Lipinski definition) is 3. The lowest BCUT2D eigenvalue weighted by Gasteiger charge is -2.33. The van der Waals surface area contributed by atoms with Crippen LogP contribution in [0.1, 0.15) is 0 Å². The Labute approximate surface area is 416 Å². The van der Waals surface area contributed by atoms with Gasteiger partial charge in [-0.15, -0.1) is 0 Å². The van der Waals surface area contributed by atoms with Gasteiger partial charge in [0.05, 0.1) is 22.1 Å². The summed E-state index contributed by atoms with van der Waals surface area (Å²) in [5.41, 5.74) is 16.6. The SMILES string of the molecule is c1ccc(-c2ccccc2Oc2cc3c4c(c2)Oc2cc(-c5cccc6c5c5ccccc5n6-c5ccccc5)ccc2B4c2ccc(-c4cccc5c4c4ccccc4n5-c4ccccc4)cc2O3)cc1. The van der Waals surface area contributed by atoms with Crippen LogP contribution in [0.4, 0.5) is 0 Å². The molecule has 2 aromatic heterocycles. The normalized spacial score (nSPS) is 12.4. The molecular weight excluding hydrogens is 880 g/mol. The Hall–Kier alpha value is -9.52. The van der Waals surface area contributed by atoms with Crippen LogP contribution in [0.5, 0.6) is 34.5 Å². The predicted octanol–water partition coefficient (Wildman–Crippen LogP) is 15.4. The molecule has 0 spiro atoms. The summed E-state index contributed by atoms with van der Waals surface area (Å²) in [5.74, 6) is 4.40. The fraction of sp³-hybridized carbons (Fsp3) is 0. The molecule has 6 heteroatoms. The van der Waals surface area contributed by atoms with Gasteiger partial charge < -0.3 is 23.3 Å². The summed E-state index contributed by atoms with van der Waals surface area (Å²) >= 11 is 0. The molecule has 2 aliphatic heterocycles. The molecule has 0 aliphatic carbocycles. The molecule has 5 nitrogen and oxygen atoms in total. The minimum atomic E-state index is -0.164. The standard InChI is InChI=1S/C66H41BN2O3/c1-4-18-42(19-5-1)48-24-12-15-33-59(48)70-47-40-62-66-63(41-47)72-61-39-44(50-28-17-32-58-65(50)52-26-11-14-30-56(52)69(58)46-22-8-3-9-23-46)35-37-54(61)67(66)53-36-34-43(38-60(53)71-62)49-27-16-31-57-64(49)51-25-10-13-29-55(51)68(57)45-20-6-2-7-21-45/h1-41H. The van der Waals surface area contributed by atoms with E-state index in [0.717, 1.165) is 89.4 Å². The van der Waals surface area contributed by atoms with E-state index in [4.69, 9.17) is 14.2 Å². The molecule has 4 heterocycles. The molecule has 336 valence electrons. The summed E-state index contributed by atoms with van der Waals surface area (Å²) in [4.78, 5) is 0. The van der Waals surface area contributed by atoms with Crippen LogP contribution in [0.2, 0.25) is 0 Å². The van der Waals surface area contributed by atoms with E-state index in [0.29, 0.717) is 17.2 Å². The first-order valence-corrected chi connectivity index (χ1v) is 24.5. The van der Waals surface area contributed by atoms with E-state index in [2.05, 4.69) is 221 Å². The Morgan fingerprint density at radius 1 is 0.333 bits per heavy atom. The second-order valence-corrected chi connectivity index (χ2v) is 18.7. The Balaban J connectivity index is 0.906. The summed E-state index contributed by atoms with van der Waals surface area (Å²) in [5, 5.41) is 4.81. The summed E-state index contributed by atoms with van der Waals surface area (Å²) in [7, 11) is 0. The highest BCUT2D eigenvalue weighted by Crippen LogP contribution is 2.45. The molecular formula is C66H41BN2O3. The van der Waals surface area contributed by atoms with Crippen molar-refractivity contribution in [1.29, 1.82) is 0 Å². The van der Waals surface area contributed by atoms with Gasteiger partial charge in [-0.2, -0.15) is 0 Å². The average molecular weight is 921 g/mol. The number of benzene rings is 11. The van der Waals surface area contributed by atoms with Crippen LogP contribution >= 0.6 is 0 Å². The van der Waals surface area contributed by atoms with Crippen molar-refractivity contribution >= 4 is 66.7 Å². The highest BCUT2D eigenvalue weighted by Gasteiger charge is 2.41. The molecule has 0 bridgehead atoms. The van der Waals surface area contributed by atoms with Crippen molar-refractivity contribution in [2.75, 3.05) is 0 Å². The van der Waals surface area contributed by atoms with E-state index in [-0.39, 0.29) is 6.71 Å². The molecule has 0 saturated carbocycles. The number of fused-ring (bicyclic) bond motifs is 10. The van der Waals surface area contributed by atoms with Crippen LogP contribution in [0, 0.1) is 0 Å². The van der Waals surface area contributed by atoms with E-state index in [1.165, 1.54) is 32.6 Å². The van der Waals surface area contributed by atoms with Crippen molar-refractivity contribution in [3.8, 4) is 79.3 Å². The smallest absolute Gasteiger partial charge is 0.260 e. The van der Waals surface area contributed by atoms with Crippen LogP contribution in [-0.2, 0) is 0 Å². The van der Waals surface area contributed by atoms with Gasteiger partial charge >= 0.3 is 0 Å². The monoisotopic (exact) mass is 920 g/mol. The summed E-state index contributed by atoms with van der Waals surface area (Å²) in [6, 6.07) is 88.0. The summed E-state index contributed by atoms with van der Waals surface area (Å²) in [6.07, 6.45) is 0. The van der Waals surface area contributed by atoms with Crippen molar-refractivity contribution in [2.45, 2.75) is 0 Å². The van der Waals surface area contributed by atoms with Crippen molar-refractivity contribution in [2.24, 2.45) is 0 Å². The molecule has 72 heavy (non-hydrogen) atoms. The first-order valence-electron chi connectivity index (χ1n) is 24.5. The van der Waals surface area contributed by atoms with Crippen molar-refractivity contribution in [1.82, 2.24) is 9.13 Å². The largest absolute Gasteiger partial charge is 0.458 e. The number of hydrogen-bond donors (Lipinski definition) is 0. The third-order valence-corrected chi connectivity index (χ3v) is 14.7. The molecule has 2 aliphatic rings. The molecule has 0 atom stereocenters. The molecule has 0 radical (unpaired) electrons. The van der Waals surface area contributed by atoms with E-state index in [9.17, 15) is 0 Å². The number of nitrogens with zero attached hydrogens (tertiary/aromatic N) is 2. The molecule has 0 amide bonds. The van der Waals surface area contributed by atoms with E-state index in [1.54, 1.807) is 0 Å². The Bertz CT molecular complexity index is 4080. The molecule has 15 rings (SSSR count). The van der Waals surface area contributed by atoms with Crippen LogP contribution < -0.4 is 30.6 Å². The highest BCUT2D eigenvalue weighted by atomic mass is 16.5. The molecule has 0 fully saturated rings. The maximum absolute atomic E-state index is 7.12. The first kappa shape index (κ1) is 40.4. The van der Waals surface area contributed by atoms with Gasteiger partial charge in [0.15, 0.2) is 0 Å². The molecule has 0 saturated heterocycles. The topological polar surface area (TPSA) is 37.5 Å². The summed E-state index contributed by atoms with van der Waals surface area (Å²) in [6.45, 7) is -0.164. The third kappa shape index (κ3) is 6.22. The van der Waals surface area contributed by atoms with Gasteiger partial charge in [0.25, 0.3) is 6.71 Å². The van der Waals surface area contributed by atoms with Gasteiger partial charge in [-0.25, -0.2) is 0 Å². The maximum atomic E-state index is 7.12. The molecule has 0 N–H and O–H groups in total. The number of para-hydroxylation sites is 5. The third-order valence-electron chi connectivity index (χ3n) is 14.7. The van der Waals surface area contributed by atoms with E-state index >= 15 is 0 Å². The average Bonchev–Trinajstić information content (AvgIpc) is 3.97. The van der Waals surface area contributed by atoms with Crippen LogP contribution in [-0.4, -0.2) is 15.8 Å². The van der Waals surface area contributed by atoms with Gasteiger partial charge in [-0.1, -0.05) is 170 Å². The Morgan fingerprint density at radius 3 is 1.32 bits per heavy atom. The van der Waals surface area contributed by atoms with Crippen molar-refractivity contribution in [3.63, 3.8) is 0 Å². The highest BCUT2D eigenvalue weighted by molar-refractivity contribution is 6.98. The van der Waals surface area contributed by atoms with Crippen LogP contribution in [0.15, 0.2) is 249 Å². The van der Waals surface area contributed by atoms with E-state index < -0.39 is 0 Å². The fourth-order valence-electron chi connectivity index (χ4n) is 11.6. The quantitative estimate of drug-likeness (QED) is 0.150. The lowest BCUT2D eigenvalue weighted by molar-refractivity contribution is 0.443. The fourth-order valence-corrected chi connectivity index (χ4v) is 11.6. The number of ether oxygens (including phenoxy) is 3.